The molecule has 1 aliphatic rings. The summed E-state index contributed by atoms with van der Waals surface area (Å²) in [6, 6.07) is 13.5. The number of rotatable bonds is 7. The van der Waals surface area contributed by atoms with Crippen LogP contribution in [0.5, 0.6) is 0 Å². The highest BCUT2D eigenvalue weighted by Gasteiger charge is 2.21. The molecular weight excluding hydrogens is 412 g/mol. The van der Waals surface area contributed by atoms with Crippen molar-refractivity contribution >= 4 is 29.1 Å². The van der Waals surface area contributed by atoms with Crippen LogP contribution in [0.1, 0.15) is 29.7 Å². The van der Waals surface area contributed by atoms with Gasteiger partial charge in [-0.1, -0.05) is 41.9 Å². The Morgan fingerprint density at radius 1 is 0.935 bits per heavy atom. The molecular formula is C24H31ClN4O2. The smallest absolute Gasteiger partial charge is 0.238 e. The highest BCUT2D eigenvalue weighted by molar-refractivity contribution is 6.33. The average Bonchev–Trinajstić information content (AvgIpc) is 2.73. The van der Waals surface area contributed by atoms with Gasteiger partial charge in [-0.25, -0.2) is 0 Å². The second-order valence-electron chi connectivity index (χ2n) is 8.21. The van der Waals surface area contributed by atoms with Gasteiger partial charge in [0.15, 0.2) is 0 Å². The Morgan fingerprint density at radius 3 is 2.16 bits per heavy atom. The van der Waals surface area contributed by atoms with E-state index in [-0.39, 0.29) is 17.9 Å². The minimum absolute atomic E-state index is 0.0237. The second kappa shape index (κ2) is 10.8. The first kappa shape index (κ1) is 23.3. The summed E-state index contributed by atoms with van der Waals surface area (Å²) in [5.74, 6) is -0.0582. The number of hydrogen-bond donors (Lipinski definition) is 2. The third-order valence-electron chi connectivity index (χ3n) is 5.76. The molecule has 1 atom stereocenters. The first-order valence-electron chi connectivity index (χ1n) is 10.7. The molecule has 1 aliphatic heterocycles. The molecule has 0 bridgehead atoms. The number of carbonyl (C=O) groups is 2. The molecule has 1 unspecified atom stereocenters. The van der Waals surface area contributed by atoms with Gasteiger partial charge < -0.3 is 10.6 Å². The number of nitrogens with one attached hydrogen (secondary N) is 2. The lowest BCUT2D eigenvalue weighted by Crippen LogP contribution is -2.51. The lowest BCUT2D eigenvalue weighted by molar-refractivity contribution is -0.124. The largest absolute Gasteiger partial charge is 0.348 e. The van der Waals surface area contributed by atoms with Crippen molar-refractivity contribution in [3.05, 3.63) is 64.2 Å². The standard InChI is InChI=1S/C24H31ClN4O2/c1-17-8-9-20(14-18(17)2)19(3)26-23(30)15-28-10-12-29(13-11-28)16-24(31)27-22-7-5-4-6-21(22)25/h4-9,14,19H,10-13,15-16H2,1-3H3,(H,26,30)(H,27,31). The Balaban J connectivity index is 1.40. The van der Waals surface area contributed by atoms with E-state index in [2.05, 4.69) is 52.5 Å². The van der Waals surface area contributed by atoms with Gasteiger partial charge in [0.25, 0.3) is 0 Å². The van der Waals surface area contributed by atoms with Crippen LogP contribution in [-0.4, -0.2) is 60.9 Å². The summed E-state index contributed by atoms with van der Waals surface area (Å²) in [5, 5.41) is 6.48. The van der Waals surface area contributed by atoms with Crippen molar-refractivity contribution < 1.29 is 9.59 Å². The molecule has 6 nitrogen and oxygen atoms in total. The van der Waals surface area contributed by atoms with Crippen LogP contribution in [0.25, 0.3) is 0 Å². The zero-order valence-corrected chi connectivity index (χ0v) is 19.2. The highest BCUT2D eigenvalue weighted by Crippen LogP contribution is 2.20. The molecule has 2 amide bonds. The van der Waals surface area contributed by atoms with Gasteiger partial charge >= 0.3 is 0 Å². The molecule has 1 saturated heterocycles. The quantitative estimate of drug-likeness (QED) is 0.689. The molecule has 0 saturated carbocycles. The zero-order chi connectivity index (χ0) is 22.4. The van der Waals surface area contributed by atoms with Gasteiger partial charge in [-0.15, -0.1) is 0 Å². The number of hydrogen-bond acceptors (Lipinski definition) is 4. The monoisotopic (exact) mass is 442 g/mol. The minimum atomic E-state index is -0.0819. The molecule has 0 spiro atoms. The Bertz CT molecular complexity index is 926. The Hall–Kier alpha value is -2.41. The van der Waals surface area contributed by atoms with E-state index in [0.29, 0.717) is 23.8 Å². The maximum atomic E-state index is 12.5. The molecule has 166 valence electrons. The Morgan fingerprint density at radius 2 is 1.55 bits per heavy atom. The summed E-state index contributed by atoms with van der Waals surface area (Å²) in [6.07, 6.45) is 0. The fourth-order valence-corrected chi connectivity index (χ4v) is 3.85. The Labute approximate surface area is 189 Å². The van der Waals surface area contributed by atoms with E-state index in [1.54, 1.807) is 12.1 Å². The number of nitrogens with zero attached hydrogens (tertiary/aromatic N) is 2. The molecule has 31 heavy (non-hydrogen) atoms. The number of anilines is 1. The maximum Gasteiger partial charge on any atom is 0.238 e. The summed E-state index contributed by atoms with van der Waals surface area (Å²) in [4.78, 5) is 29.0. The molecule has 0 aromatic heterocycles. The third kappa shape index (κ3) is 6.79. The molecule has 7 heteroatoms. The molecule has 0 radical (unpaired) electrons. The van der Waals surface area contributed by atoms with Crippen LogP contribution in [0.4, 0.5) is 5.69 Å². The van der Waals surface area contributed by atoms with Crippen LogP contribution in [0.3, 0.4) is 0 Å². The lowest BCUT2D eigenvalue weighted by atomic mass is 10.0. The van der Waals surface area contributed by atoms with Crippen molar-refractivity contribution in [3.63, 3.8) is 0 Å². The number of amides is 2. The van der Waals surface area contributed by atoms with Crippen molar-refractivity contribution in [1.29, 1.82) is 0 Å². The predicted molar refractivity (Wildman–Crippen MR) is 125 cm³/mol. The predicted octanol–water partition coefficient (Wildman–Crippen LogP) is 3.39. The van der Waals surface area contributed by atoms with E-state index >= 15 is 0 Å². The van der Waals surface area contributed by atoms with Gasteiger partial charge in [0, 0.05) is 26.2 Å². The van der Waals surface area contributed by atoms with Crippen LogP contribution >= 0.6 is 11.6 Å². The van der Waals surface area contributed by atoms with Crippen molar-refractivity contribution in [2.45, 2.75) is 26.8 Å². The summed E-state index contributed by atoms with van der Waals surface area (Å²) in [5.41, 5.74) is 4.22. The van der Waals surface area contributed by atoms with Crippen molar-refractivity contribution in [1.82, 2.24) is 15.1 Å². The van der Waals surface area contributed by atoms with E-state index in [0.717, 1.165) is 31.7 Å². The molecule has 0 aliphatic carbocycles. The first-order chi connectivity index (χ1) is 14.8. The molecule has 1 fully saturated rings. The summed E-state index contributed by atoms with van der Waals surface area (Å²) >= 11 is 6.10. The van der Waals surface area contributed by atoms with E-state index in [1.165, 1.54) is 11.1 Å². The second-order valence-corrected chi connectivity index (χ2v) is 8.62. The van der Waals surface area contributed by atoms with Crippen molar-refractivity contribution in [2.75, 3.05) is 44.6 Å². The number of halogens is 1. The van der Waals surface area contributed by atoms with Gasteiger partial charge in [0.1, 0.15) is 0 Å². The number of aryl methyl sites for hydroxylation is 2. The van der Waals surface area contributed by atoms with Crippen LogP contribution in [-0.2, 0) is 9.59 Å². The van der Waals surface area contributed by atoms with E-state index in [4.69, 9.17) is 11.6 Å². The van der Waals surface area contributed by atoms with Gasteiger partial charge in [0.05, 0.1) is 29.8 Å². The fourth-order valence-electron chi connectivity index (χ4n) is 3.67. The Kier molecular flexibility index (Phi) is 8.07. The summed E-state index contributed by atoms with van der Waals surface area (Å²) < 4.78 is 0. The van der Waals surface area contributed by atoms with Crippen LogP contribution in [0.2, 0.25) is 5.02 Å². The van der Waals surface area contributed by atoms with Crippen LogP contribution in [0.15, 0.2) is 42.5 Å². The van der Waals surface area contributed by atoms with Gasteiger partial charge in [-0.05, 0) is 49.6 Å². The van der Waals surface area contributed by atoms with Crippen LogP contribution < -0.4 is 10.6 Å². The van der Waals surface area contributed by atoms with E-state index < -0.39 is 0 Å². The SMILES string of the molecule is Cc1ccc(C(C)NC(=O)CN2CCN(CC(=O)Nc3ccccc3Cl)CC2)cc1C. The zero-order valence-electron chi connectivity index (χ0n) is 18.5. The molecule has 3 rings (SSSR count). The summed E-state index contributed by atoms with van der Waals surface area (Å²) in [7, 11) is 0. The number of piperazine rings is 1. The summed E-state index contributed by atoms with van der Waals surface area (Å²) in [6.45, 7) is 9.87. The van der Waals surface area contributed by atoms with Gasteiger partial charge in [-0.3, -0.25) is 19.4 Å². The topological polar surface area (TPSA) is 64.7 Å². The highest BCUT2D eigenvalue weighted by atomic mass is 35.5. The van der Waals surface area contributed by atoms with Crippen LogP contribution in [0, 0.1) is 13.8 Å². The normalized spacial score (nSPS) is 16.0. The average molecular weight is 443 g/mol. The van der Waals surface area contributed by atoms with Gasteiger partial charge in [-0.2, -0.15) is 0 Å². The van der Waals surface area contributed by atoms with E-state index in [9.17, 15) is 9.59 Å². The lowest BCUT2D eigenvalue weighted by Gasteiger charge is -2.34. The molecule has 2 aromatic rings. The molecule has 2 aromatic carbocycles. The first-order valence-corrected chi connectivity index (χ1v) is 11.0. The van der Waals surface area contributed by atoms with Crippen molar-refractivity contribution in [2.24, 2.45) is 0 Å². The van der Waals surface area contributed by atoms with E-state index in [1.807, 2.05) is 19.1 Å². The third-order valence-corrected chi connectivity index (χ3v) is 6.09. The number of carbonyl (C=O) groups excluding carboxylic acids is 2. The van der Waals surface area contributed by atoms with Crippen molar-refractivity contribution in [3.8, 4) is 0 Å². The fraction of sp³-hybridized carbons (Fsp3) is 0.417. The van der Waals surface area contributed by atoms with Gasteiger partial charge in [0.2, 0.25) is 11.8 Å². The minimum Gasteiger partial charge on any atom is -0.348 e. The molecule has 2 N–H and O–H groups in total. The number of para-hydroxylation sites is 1. The maximum absolute atomic E-state index is 12.5. The number of benzene rings is 2. The molecule has 1 heterocycles.